The summed E-state index contributed by atoms with van der Waals surface area (Å²) >= 11 is 2.13. The molecule has 0 amide bonds. The molecule has 1 atom stereocenters. The van der Waals surface area contributed by atoms with E-state index in [0.29, 0.717) is 5.25 Å². The monoisotopic (exact) mass is 291 g/mol. The normalized spacial score (nSPS) is 25.6. The van der Waals surface area contributed by atoms with Gasteiger partial charge < -0.3 is 4.74 Å². The zero-order valence-electron chi connectivity index (χ0n) is 12.4. The first kappa shape index (κ1) is 14.3. The summed E-state index contributed by atoms with van der Waals surface area (Å²) in [6, 6.07) is 9.54. The molecule has 2 fully saturated rings. The van der Waals surface area contributed by atoms with Crippen LogP contribution in [0.1, 0.15) is 42.9 Å². The van der Waals surface area contributed by atoms with Crippen molar-refractivity contribution in [3.63, 3.8) is 0 Å². The van der Waals surface area contributed by atoms with E-state index in [0.717, 1.165) is 11.8 Å². The minimum absolute atomic E-state index is 0.660. The second kappa shape index (κ2) is 6.86. The third kappa shape index (κ3) is 3.32. The first-order valence-corrected chi connectivity index (χ1v) is 8.91. The second-order valence-electron chi connectivity index (χ2n) is 5.90. The Kier molecular flexibility index (Phi) is 4.90. The van der Waals surface area contributed by atoms with Crippen LogP contribution in [0.15, 0.2) is 24.3 Å². The highest BCUT2D eigenvalue weighted by Gasteiger charge is 2.26. The Hall–Kier alpha value is -0.670. The van der Waals surface area contributed by atoms with Gasteiger partial charge >= 0.3 is 0 Å². The van der Waals surface area contributed by atoms with Gasteiger partial charge in [-0.2, -0.15) is 11.8 Å². The van der Waals surface area contributed by atoms with Crippen molar-refractivity contribution in [1.82, 2.24) is 4.90 Å². The summed E-state index contributed by atoms with van der Waals surface area (Å²) in [4.78, 5) is 2.75. The average Bonchev–Trinajstić information content (AvgIpc) is 2.92. The van der Waals surface area contributed by atoms with Gasteiger partial charge in [0.15, 0.2) is 0 Å². The van der Waals surface area contributed by atoms with Gasteiger partial charge in [0, 0.05) is 23.6 Å². The van der Waals surface area contributed by atoms with Gasteiger partial charge in [0.05, 0.1) is 7.11 Å². The van der Waals surface area contributed by atoms with Crippen LogP contribution in [0.3, 0.4) is 0 Å². The third-order valence-corrected chi connectivity index (χ3v) is 6.03. The van der Waals surface area contributed by atoms with Crippen LogP contribution in [-0.4, -0.2) is 36.9 Å². The molecule has 20 heavy (non-hydrogen) atoms. The molecule has 1 aliphatic carbocycles. The van der Waals surface area contributed by atoms with Crippen molar-refractivity contribution >= 4 is 11.8 Å². The van der Waals surface area contributed by atoms with Gasteiger partial charge in [-0.25, -0.2) is 0 Å². The first-order chi connectivity index (χ1) is 9.86. The molecule has 3 rings (SSSR count). The van der Waals surface area contributed by atoms with Crippen LogP contribution in [0.4, 0.5) is 0 Å². The van der Waals surface area contributed by atoms with Crippen molar-refractivity contribution in [2.24, 2.45) is 0 Å². The van der Waals surface area contributed by atoms with Crippen LogP contribution in [0.5, 0.6) is 5.75 Å². The van der Waals surface area contributed by atoms with Gasteiger partial charge in [0.25, 0.3) is 0 Å². The lowest BCUT2D eigenvalue weighted by molar-refractivity contribution is 0.211. The number of methoxy groups -OCH3 is 1. The number of benzene rings is 1. The summed E-state index contributed by atoms with van der Waals surface area (Å²) in [7, 11) is 1.73. The van der Waals surface area contributed by atoms with Crippen LogP contribution >= 0.6 is 11.8 Å². The molecule has 0 aromatic heterocycles. The molecular formula is C17H25NOS. The zero-order chi connectivity index (χ0) is 13.8. The molecule has 2 aliphatic rings. The lowest BCUT2D eigenvalue weighted by Gasteiger charge is -2.26. The topological polar surface area (TPSA) is 12.5 Å². The maximum atomic E-state index is 5.25. The molecule has 0 radical (unpaired) electrons. The molecule has 1 aromatic rings. The fourth-order valence-corrected chi connectivity index (χ4v) is 4.75. The summed E-state index contributed by atoms with van der Waals surface area (Å²) in [6.45, 7) is 2.55. The van der Waals surface area contributed by atoms with Crippen LogP contribution < -0.4 is 4.74 Å². The molecule has 0 N–H and O–H groups in total. The molecule has 1 saturated carbocycles. The van der Waals surface area contributed by atoms with E-state index in [4.69, 9.17) is 4.74 Å². The van der Waals surface area contributed by atoms with E-state index < -0.39 is 0 Å². The molecule has 1 unspecified atom stereocenters. The minimum atomic E-state index is 0.660. The van der Waals surface area contributed by atoms with E-state index in [-0.39, 0.29) is 0 Å². The van der Waals surface area contributed by atoms with Gasteiger partial charge in [-0.1, -0.05) is 25.0 Å². The Balaban J connectivity index is 1.61. The van der Waals surface area contributed by atoms with Crippen molar-refractivity contribution in [1.29, 1.82) is 0 Å². The quantitative estimate of drug-likeness (QED) is 0.831. The van der Waals surface area contributed by atoms with Crippen molar-refractivity contribution < 1.29 is 4.74 Å². The van der Waals surface area contributed by atoms with Crippen LogP contribution in [0.2, 0.25) is 0 Å². The van der Waals surface area contributed by atoms with Gasteiger partial charge in [-0.05, 0) is 43.5 Å². The lowest BCUT2D eigenvalue weighted by Crippen LogP contribution is -2.34. The van der Waals surface area contributed by atoms with Gasteiger partial charge in [-0.3, -0.25) is 4.90 Å². The summed E-state index contributed by atoms with van der Waals surface area (Å²) in [6.07, 6.45) is 7.02. The molecule has 1 aromatic carbocycles. The Morgan fingerprint density at radius 3 is 2.50 bits per heavy atom. The standard InChI is InChI=1S/C17H25NOS/c1-19-16-8-6-14(7-9-16)17-10-11-18(12-13-20-17)15-4-2-3-5-15/h6-9,15,17H,2-5,10-13H2,1H3. The van der Waals surface area contributed by atoms with Crippen LogP contribution in [0, 0.1) is 0 Å². The highest BCUT2D eigenvalue weighted by Crippen LogP contribution is 2.36. The molecule has 1 heterocycles. The third-order valence-electron chi connectivity index (χ3n) is 4.70. The number of hydrogen-bond acceptors (Lipinski definition) is 3. The predicted molar refractivity (Wildman–Crippen MR) is 86.6 cm³/mol. The maximum absolute atomic E-state index is 5.25. The Morgan fingerprint density at radius 1 is 1.05 bits per heavy atom. The number of ether oxygens (including phenoxy) is 1. The predicted octanol–water partition coefficient (Wildman–Crippen LogP) is 4.12. The Labute approximate surface area is 126 Å². The van der Waals surface area contributed by atoms with E-state index >= 15 is 0 Å². The van der Waals surface area contributed by atoms with E-state index in [1.54, 1.807) is 7.11 Å². The fraction of sp³-hybridized carbons (Fsp3) is 0.647. The van der Waals surface area contributed by atoms with Crippen molar-refractivity contribution in [2.45, 2.75) is 43.4 Å². The van der Waals surface area contributed by atoms with Gasteiger partial charge in [-0.15, -0.1) is 0 Å². The van der Waals surface area contributed by atoms with Crippen LogP contribution in [-0.2, 0) is 0 Å². The zero-order valence-corrected chi connectivity index (χ0v) is 13.2. The molecule has 1 saturated heterocycles. The van der Waals surface area contributed by atoms with Gasteiger partial charge in [0.1, 0.15) is 5.75 Å². The van der Waals surface area contributed by atoms with E-state index in [1.807, 2.05) is 0 Å². The summed E-state index contributed by atoms with van der Waals surface area (Å²) in [5, 5.41) is 0.660. The fourth-order valence-electron chi connectivity index (χ4n) is 3.51. The molecule has 0 bridgehead atoms. The molecule has 2 nitrogen and oxygen atoms in total. The molecular weight excluding hydrogens is 266 g/mol. The Bertz CT molecular complexity index is 414. The smallest absolute Gasteiger partial charge is 0.118 e. The minimum Gasteiger partial charge on any atom is -0.497 e. The van der Waals surface area contributed by atoms with Crippen molar-refractivity contribution in [3.8, 4) is 5.75 Å². The first-order valence-electron chi connectivity index (χ1n) is 7.86. The van der Waals surface area contributed by atoms with E-state index in [9.17, 15) is 0 Å². The Morgan fingerprint density at radius 2 is 1.80 bits per heavy atom. The molecule has 0 spiro atoms. The van der Waals surface area contributed by atoms with E-state index in [2.05, 4.69) is 40.9 Å². The molecule has 3 heteroatoms. The number of thioether (sulfide) groups is 1. The maximum Gasteiger partial charge on any atom is 0.118 e. The highest BCUT2D eigenvalue weighted by molar-refractivity contribution is 7.99. The van der Waals surface area contributed by atoms with Gasteiger partial charge in [0.2, 0.25) is 0 Å². The molecule has 110 valence electrons. The summed E-state index contributed by atoms with van der Waals surface area (Å²) in [5.74, 6) is 2.23. The number of rotatable bonds is 3. The van der Waals surface area contributed by atoms with Crippen molar-refractivity contribution in [3.05, 3.63) is 29.8 Å². The second-order valence-corrected chi connectivity index (χ2v) is 7.21. The SMILES string of the molecule is COc1ccc(C2CCN(C3CCCC3)CCS2)cc1. The number of nitrogens with zero attached hydrogens (tertiary/aromatic N) is 1. The highest BCUT2D eigenvalue weighted by atomic mass is 32.2. The summed E-state index contributed by atoms with van der Waals surface area (Å²) < 4.78 is 5.25. The average molecular weight is 291 g/mol. The number of hydrogen-bond donors (Lipinski definition) is 0. The van der Waals surface area contributed by atoms with E-state index in [1.165, 1.54) is 56.5 Å². The largest absolute Gasteiger partial charge is 0.497 e. The van der Waals surface area contributed by atoms with Crippen molar-refractivity contribution in [2.75, 3.05) is 26.0 Å². The van der Waals surface area contributed by atoms with Crippen LogP contribution in [0.25, 0.3) is 0 Å². The summed E-state index contributed by atoms with van der Waals surface area (Å²) in [5.41, 5.74) is 1.46. The molecule has 1 aliphatic heterocycles. The lowest BCUT2D eigenvalue weighted by atomic mass is 10.1.